The zero-order valence-corrected chi connectivity index (χ0v) is 26.8. The maximum Gasteiger partial charge on any atom is 0.407 e. The van der Waals surface area contributed by atoms with Crippen LogP contribution in [-0.4, -0.2) is 93.4 Å². The zero-order valence-electron chi connectivity index (χ0n) is 25.9. The number of rotatable bonds is 7. The highest BCUT2D eigenvalue weighted by atomic mass is 32.2. The molecule has 0 spiro atoms. The van der Waals surface area contributed by atoms with Crippen LogP contribution in [0.4, 0.5) is 10.5 Å². The Kier molecular flexibility index (Phi) is 8.70. The summed E-state index contributed by atoms with van der Waals surface area (Å²) < 4.78 is 26.5. The van der Waals surface area contributed by atoms with Crippen LogP contribution in [0.2, 0.25) is 0 Å². The molecule has 0 saturated carbocycles. The van der Waals surface area contributed by atoms with Gasteiger partial charge in [0.15, 0.2) is 4.90 Å². The van der Waals surface area contributed by atoms with Crippen LogP contribution < -0.4 is 20.3 Å². The van der Waals surface area contributed by atoms with Crippen molar-refractivity contribution in [3.63, 3.8) is 0 Å². The summed E-state index contributed by atoms with van der Waals surface area (Å²) in [5.41, 5.74) is 0.688. The molecular formula is C32H37N5O8S. The minimum absolute atomic E-state index is 0.0202. The lowest BCUT2D eigenvalue weighted by Crippen LogP contribution is -2.54. The van der Waals surface area contributed by atoms with Crippen LogP contribution in [-0.2, 0) is 25.7 Å². The van der Waals surface area contributed by atoms with Gasteiger partial charge in [-0.1, -0.05) is 0 Å². The average Bonchev–Trinajstić information content (AvgIpc) is 3.23. The number of hydrogen-bond donors (Lipinski definition) is 2. The minimum atomic E-state index is -1.33. The Labute approximate surface area is 269 Å². The first-order chi connectivity index (χ1) is 21.9. The second kappa shape index (κ2) is 12.6. The van der Waals surface area contributed by atoms with E-state index in [9.17, 15) is 28.5 Å². The van der Waals surface area contributed by atoms with E-state index in [0.29, 0.717) is 49.7 Å². The molecule has 0 radical (unpaired) electrons. The van der Waals surface area contributed by atoms with Crippen LogP contribution in [0.1, 0.15) is 67.2 Å². The summed E-state index contributed by atoms with van der Waals surface area (Å²) in [4.78, 5) is 65.7. The van der Waals surface area contributed by atoms with Gasteiger partial charge in [-0.2, -0.15) is 0 Å². The lowest BCUT2D eigenvalue weighted by Gasteiger charge is -2.40. The summed E-state index contributed by atoms with van der Waals surface area (Å²) in [5, 5.41) is 5.10. The van der Waals surface area contributed by atoms with Crippen molar-refractivity contribution in [2.45, 2.75) is 75.1 Å². The van der Waals surface area contributed by atoms with Crippen LogP contribution in [0.25, 0.3) is 0 Å². The Morgan fingerprint density at radius 1 is 0.957 bits per heavy atom. The fourth-order valence-corrected chi connectivity index (χ4v) is 7.21. The van der Waals surface area contributed by atoms with Crippen LogP contribution in [0.15, 0.2) is 47.4 Å². The molecule has 6 rings (SSSR count). The Hall–Kier alpha value is -4.14. The summed E-state index contributed by atoms with van der Waals surface area (Å²) >= 11 is -1.33. The number of ether oxygens (including phenoxy) is 2. The molecule has 2 atom stereocenters. The fourth-order valence-electron chi connectivity index (χ4n) is 6.00. The number of carbonyl (C=O) groups is 5. The van der Waals surface area contributed by atoms with Crippen molar-refractivity contribution in [3.8, 4) is 5.75 Å². The number of nitrogens with zero attached hydrogens (tertiary/aromatic N) is 3. The molecule has 4 aliphatic heterocycles. The number of benzene rings is 2. The van der Waals surface area contributed by atoms with Gasteiger partial charge >= 0.3 is 6.09 Å². The number of amides is 5. The van der Waals surface area contributed by atoms with Crippen molar-refractivity contribution in [2.75, 3.05) is 31.1 Å². The summed E-state index contributed by atoms with van der Waals surface area (Å²) in [5.74, 6) is -1.47. The zero-order chi connectivity index (χ0) is 32.7. The SMILES string of the molecule is CC(C)(C)OC(=O)NC1CCN([S+]([O-])c2ccc(OC3CN(c4ccc5c(c4)C(=O)N(C4CCC(=O)NC4=O)C5=O)C3)cc2)CC1. The third-order valence-corrected chi connectivity index (χ3v) is 9.88. The maximum absolute atomic E-state index is 13.2. The molecule has 0 aliphatic carbocycles. The van der Waals surface area contributed by atoms with E-state index in [1.807, 2.05) is 30.0 Å². The number of imide groups is 2. The molecule has 46 heavy (non-hydrogen) atoms. The van der Waals surface area contributed by atoms with Gasteiger partial charge in [-0.3, -0.25) is 29.4 Å². The van der Waals surface area contributed by atoms with Crippen LogP contribution in [0, 0.1) is 0 Å². The molecule has 0 aromatic heterocycles. The smallest absolute Gasteiger partial charge is 0.407 e. The molecule has 3 saturated heterocycles. The number of alkyl carbamates (subject to hydrolysis) is 1. The van der Waals surface area contributed by atoms with Gasteiger partial charge in [-0.05, 0) is 82.5 Å². The first-order valence-corrected chi connectivity index (χ1v) is 16.5. The molecule has 2 aromatic carbocycles. The molecule has 3 fully saturated rings. The van der Waals surface area contributed by atoms with E-state index in [2.05, 4.69) is 10.6 Å². The van der Waals surface area contributed by atoms with E-state index in [-0.39, 0.29) is 36.1 Å². The maximum atomic E-state index is 13.2. The van der Waals surface area contributed by atoms with E-state index in [1.165, 1.54) is 0 Å². The summed E-state index contributed by atoms with van der Waals surface area (Å²) in [6.07, 6.45) is 1.00. The van der Waals surface area contributed by atoms with E-state index in [4.69, 9.17) is 9.47 Å². The van der Waals surface area contributed by atoms with Gasteiger partial charge in [-0.25, -0.2) is 4.79 Å². The average molecular weight is 652 g/mol. The molecule has 2 N–H and O–H groups in total. The quantitative estimate of drug-likeness (QED) is 0.336. The minimum Gasteiger partial charge on any atom is -0.593 e. The van der Waals surface area contributed by atoms with Crippen LogP contribution >= 0.6 is 0 Å². The van der Waals surface area contributed by atoms with E-state index < -0.39 is 52.7 Å². The molecule has 13 nitrogen and oxygen atoms in total. The third kappa shape index (κ3) is 6.69. The number of nitrogens with one attached hydrogen (secondary N) is 2. The number of hydrogen-bond acceptors (Lipinski definition) is 10. The summed E-state index contributed by atoms with van der Waals surface area (Å²) in [6, 6.07) is 11.2. The highest BCUT2D eigenvalue weighted by Gasteiger charge is 2.45. The highest BCUT2D eigenvalue weighted by molar-refractivity contribution is 7.89. The highest BCUT2D eigenvalue weighted by Crippen LogP contribution is 2.33. The first-order valence-electron chi connectivity index (χ1n) is 15.4. The van der Waals surface area contributed by atoms with Crippen molar-refractivity contribution in [2.24, 2.45) is 0 Å². The predicted octanol–water partition coefficient (Wildman–Crippen LogP) is 2.37. The number of fused-ring (bicyclic) bond motifs is 1. The lowest BCUT2D eigenvalue weighted by molar-refractivity contribution is -0.136. The molecule has 0 bridgehead atoms. The van der Waals surface area contributed by atoms with Crippen LogP contribution in [0.5, 0.6) is 5.75 Å². The molecule has 4 aliphatic rings. The Bertz CT molecular complexity index is 1550. The van der Waals surface area contributed by atoms with Gasteiger partial charge in [-0.15, -0.1) is 4.31 Å². The van der Waals surface area contributed by atoms with Crippen molar-refractivity contribution in [1.29, 1.82) is 0 Å². The lowest BCUT2D eigenvalue weighted by atomic mass is 10.0. The standard InChI is InChI=1S/C32H37N5O8S/c1-32(2,3)45-31(42)33-19-12-14-36(15-13-19)46(43)23-7-5-21(6-8-23)44-22-17-35(18-22)20-4-9-24-25(16-20)30(41)37(29(24)40)26-10-11-27(38)34-28(26)39/h4-9,16,19,22,26H,10-15,17-18H2,1-3H3,(H,33,42)(H,34,38,39). The molecule has 4 heterocycles. The van der Waals surface area contributed by atoms with Crippen molar-refractivity contribution < 1.29 is 38.0 Å². The number of anilines is 1. The molecule has 14 heteroatoms. The van der Waals surface area contributed by atoms with E-state index in [1.54, 1.807) is 42.5 Å². The van der Waals surface area contributed by atoms with Gasteiger partial charge in [0, 0.05) is 31.2 Å². The van der Waals surface area contributed by atoms with Crippen molar-refractivity contribution in [1.82, 2.24) is 19.8 Å². The number of carbonyl (C=O) groups excluding carboxylic acids is 5. The summed E-state index contributed by atoms with van der Waals surface area (Å²) in [6.45, 7) is 7.77. The van der Waals surface area contributed by atoms with Crippen LogP contribution in [0.3, 0.4) is 0 Å². The van der Waals surface area contributed by atoms with Gasteiger partial charge < -0.3 is 24.2 Å². The topological polar surface area (TPSA) is 161 Å². The third-order valence-electron chi connectivity index (χ3n) is 8.37. The van der Waals surface area contributed by atoms with Crippen molar-refractivity contribution >= 4 is 46.8 Å². The fraction of sp³-hybridized carbons (Fsp3) is 0.469. The van der Waals surface area contributed by atoms with Gasteiger partial charge in [0.1, 0.15) is 23.5 Å². The molecule has 2 unspecified atom stereocenters. The van der Waals surface area contributed by atoms with E-state index in [0.717, 1.165) is 10.6 Å². The molecular weight excluding hydrogens is 614 g/mol. The normalized spacial score (nSPS) is 21.9. The Morgan fingerprint density at radius 2 is 1.63 bits per heavy atom. The van der Waals surface area contributed by atoms with Crippen molar-refractivity contribution in [3.05, 3.63) is 53.6 Å². The Morgan fingerprint density at radius 3 is 2.28 bits per heavy atom. The van der Waals surface area contributed by atoms with Gasteiger partial charge in [0.2, 0.25) is 11.8 Å². The molecule has 5 amide bonds. The van der Waals surface area contributed by atoms with E-state index >= 15 is 0 Å². The predicted molar refractivity (Wildman–Crippen MR) is 167 cm³/mol. The number of piperidine rings is 2. The summed E-state index contributed by atoms with van der Waals surface area (Å²) in [7, 11) is 0. The second-order valence-corrected chi connectivity index (χ2v) is 14.4. The molecule has 2 aromatic rings. The van der Waals surface area contributed by atoms with Gasteiger partial charge in [0.05, 0.1) is 35.6 Å². The second-order valence-electron chi connectivity index (χ2n) is 12.9. The largest absolute Gasteiger partial charge is 0.593 e. The first kappa shape index (κ1) is 31.8. The Balaban J connectivity index is 0.978. The van der Waals surface area contributed by atoms with Gasteiger partial charge in [0.25, 0.3) is 11.8 Å². The monoisotopic (exact) mass is 651 g/mol. The molecule has 244 valence electrons.